The molecule has 108 valence electrons. The molecule has 1 aromatic heterocycles. The average molecular weight is 291 g/mol. The van der Waals surface area contributed by atoms with Gasteiger partial charge in [-0.15, -0.1) is 5.10 Å². The van der Waals surface area contributed by atoms with Crippen LogP contribution in [-0.2, 0) is 12.8 Å². The number of aryl methyl sites for hydroxylation is 1. The lowest BCUT2D eigenvalue weighted by atomic mass is 10.0. The van der Waals surface area contributed by atoms with Crippen molar-refractivity contribution >= 4 is 11.5 Å². The number of hydrogen-bond acceptors (Lipinski definition) is 5. The van der Waals surface area contributed by atoms with Crippen molar-refractivity contribution in [2.24, 2.45) is 0 Å². The lowest BCUT2D eigenvalue weighted by Gasteiger charge is -2.17. The van der Waals surface area contributed by atoms with Crippen molar-refractivity contribution in [2.45, 2.75) is 32.7 Å². The zero-order chi connectivity index (χ0) is 14.4. The number of likely N-dealkylation sites (N-methyl/N-ethyl adjacent to an activating group) is 1. The Morgan fingerprint density at radius 2 is 2.20 bits per heavy atom. The molecular formula is C15H21N3OS. The Bertz CT molecular complexity index is 541. The molecule has 0 saturated carbocycles. The molecule has 5 heteroatoms. The van der Waals surface area contributed by atoms with Gasteiger partial charge in [0.05, 0.1) is 17.7 Å². The molecule has 0 radical (unpaired) electrons. The predicted octanol–water partition coefficient (Wildman–Crippen LogP) is 3.00. The number of benzene rings is 1. The second kappa shape index (κ2) is 7.36. The zero-order valence-electron chi connectivity index (χ0n) is 12.2. The van der Waals surface area contributed by atoms with E-state index in [1.807, 2.05) is 12.1 Å². The largest absolute Gasteiger partial charge is 0.497 e. The Hall–Kier alpha value is -1.46. The molecule has 1 unspecified atom stereocenters. The molecule has 20 heavy (non-hydrogen) atoms. The van der Waals surface area contributed by atoms with E-state index in [4.69, 9.17) is 4.74 Å². The standard InChI is InChI=1S/C15H21N3OS/c1-4-13-15(20-18-17-13)14(16-5-2)10-11-7-6-8-12(9-11)19-3/h6-9,14,16H,4-5,10H2,1-3H3. The van der Waals surface area contributed by atoms with E-state index in [-0.39, 0.29) is 6.04 Å². The van der Waals surface area contributed by atoms with Gasteiger partial charge in [0.1, 0.15) is 5.75 Å². The lowest BCUT2D eigenvalue weighted by molar-refractivity contribution is 0.414. The van der Waals surface area contributed by atoms with Crippen LogP contribution in [0.4, 0.5) is 0 Å². The van der Waals surface area contributed by atoms with E-state index in [1.165, 1.54) is 22.0 Å². The van der Waals surface area contributed by atoms with Crippen LogP contribution in [0.25, 0.3) is 0 Å². The fourth-order valence-corrected chi connectivity index (χ4v) is 3.08. The molecule has 1 N–H and O–H groups in total. The lowest BCUT2D eigenvalue weighted by Crippen LogP contribution is -2.23. The molecule has 0 aliphatic heterocycles. The van der Waals surface area contributed by atoms with Gasteiger partial charge in [0.15, 0.2) is 0 Å². The van der Waals surface area contributed by atoms with Crippen molar-refractivity contribution in [3.63, 3.8) is 0 Å². The first-order chi connectivity index (χ1) is 9.78. The van der Waals surface area contributed by atoms with Crippen LogP contribution in [0.2, 0.25) is 0 Å². The van der Waals surface area contributed by atoms with Crippen LogP contribution in [0.15, 0.2) is 24.3 Å². The third-order valence-corrected chi connectivity index (χ3v) is 4.14. The van der Waals surface area contributed by atoms with Gasteiger partial charge in [0, 0.05) is 6.04 Å². The number of ether oxygens (including phenoxy) is 1. The molecule has 1 atom stereocenters. The Morgan fingerprint density at radius 3 is 2.90 bits per heavy atom. The monoisotopic (exact) mass is 291 g/mol. The highest BCUT2D eigenvalue weighted by Gasteiger charge is 2.18. The molecule has 0 amide bonds. The van der Waals surface area contributed by atoms with Crippen molar-refractivity contribution in [3.8, 4) is 5.75 Å². The molecule has 4 nitrogen and oxygen atoms in total. The van der Waals surface area contributed by atoms with Crippen molar-refractivity contribution in [3.05, 3.63) is 40.4 Å². The molecule has 2 aromatic rings. The second-order valence-corrected chi connectivity index (χ2v) is 5.39. The van der Waals surface area contributed by atoms with Gasteiger partial charge in [-0.25, -0.2) is 0 Å². The molecule has 0 saturated heterocycles. The van der Waals surface area contributed by atoms with Crippen LogP contribution in [0, 0.1) is 0 Å². The topological polar surface area (TPSA) is 47.0 Å². The van der Waals surface area contributed by atoms with Gasteiger partial charge in [-0.3, -0.25) is 0 Å². The summed E-state index contributed by atoms with van der Waals surface area (Å²) in [7, 11) is 1.70. The summed E-state index contributed by atoms with van der Waals surface area (Å²) in [6, 6.07) is 8.49. The first-order valence-corrected chi connectivity index (χ1v) is 7.73. The van der Waals surface area contributed by atoms with Gasteiger partial charge in [0.2, 0.25) is 0 Å². The van der Waals surface area contributed by atoms with Gasteiger partial charge >= 0.3 is 0 Å². The summed E-state index contributed by atoms with van der Waals surface area (Å²) in [6.07, 6.45) is 1.84. The van der Waals surface area contributed by atoms with Crippen molar-refractivity contribution in [1.29, 1.82) is 0 Å². The second-order valence-electron chi connectivity index (χ2n) is 4.60. The van der Waals surface area contributed by atoms with E-state index in [0.717, 1.165) is 30.8 Å². The summed E-state index contributed by atoms with van der Waals surface area (Å²) < 4.78 is 9.39. The van der Waals surface area contributed by atoms with Crippen LogP contribution in [-0.4, -0.2) is 23.2 Å². The first-order valence-electron chi connectivity index (χ1n) is 6.95. The minimum atomic E-state index is 0.266. The maximum atomic E-state index is 5.29. The summed E-state index contributed by atoms with van der Waals surface area (Å²) >= 11 is 1.50. The van der Waals surface area contributed by atoms with E-state index >= 15 is 0 Å². The van der Waals surface area contributed by atoms with Gasteiger partial charge in [-0.1, -0.05) is 30.5 Å². The maximum absolute atomic E-state index is 5.29. The molecule has 0 aliphatic rings. The van der Waals surface area contributed by atoms with E-state index < -0.39 is 0 Å². The molecule has 0 spiro atoms. The number of methoxy groups -OCH3 is 1. The Balaban J connectivity index is 2.20. The third kappa shape index (κ3) is 3.55. The van der Waals surface area contributed by atoms with Gasteiger partial charge in [-0.05, 0) is 48.6 Å². The first kappa shape index (κ1) is 14.9. The predicted molar refractivity (Wildman–Crippen MR) is 82.4 cm³/mol. The van der Waals surface area contributed by atoms with Crippen LogP contribution >= 0.6 is 11.5 Å². The SMILES string of the molecule is CCNC(Cc1cccc(OC)c1)c1snnc1CC. The summed E-state index contributed by atoms with van der Waals surface area (Å²) in [6.45, 7) is 5.17. The third-order valence-electron chi connectivity index (χ3n) is 3.26. The molecule has 2 rings (SSSR count). The normalized spacial score (nSPS) is 12.3. The highest BCUT2D eigenvalue weighted by molar-refractivity contribution is 7.05. The molecule has 1 aromatic carbocycles. The Kier molecular flexibility index (Phi) is 5.49. The smallest absolute Gasteiger partial charge is 0.119 e. The summed E-state index contributed by atoms with van der Waals surface area (Å²) in [5.74, 6) is 0.899. The molecule has 1 heterocycles. The minimum Gasteiger partial charge on any atom is -0.497 e. The average Bonchev–Trinajstić information content (AvgIpc) is 2.95. The van der Waals surface area contributed by atoms with Crippen molar-refractivity contribution in [1.82, 2.24) is 14.9 Å². The number of hydrogen-bond donors (Lipinski definition) is 1. The van der Waals surface area contributed by atoms with Gasteiger partial charge in [-0.2, -0.15) is 0 Å². The van der Waals surface area contributed by atoms with Crippen LogP contribution < -0.4 is 10.1 Å². The fourth-order valence-electron chi connectivity index (χ4n) is 2.26. The van der Waals surface area contributed by atoms with Gasteiger partial charge in [0.25, 0.3) is 0 Å². The minimum absolute atomic E-state index is 0.266. The number of rotatable bonds is 7. The van der Waals surface area contributed by atoms with Crippen molar-refractivity contribution in [2.75, 3.05) is 13.7 Å². The van der Waals surface area contributed by atoms with Crippen LogP contribution in [0.1, 0.15) is 36.0 Å². The van der Waals surface area contributed by atoms with Gasteiger partial charge < -0.3 is 10.1 Å². The molecular weight excluding hydrogens is 270 g/mol. The summed E-state index contributed by atoms with van der Waals surface area (Å²) in [4.78, 5) is 1.25. The van der Waals surface area contributed by atoms with Crippen LogP contribution in [0.5, 0.6) is 5.75 Å². The van der Waals surface area contributed by atoms with E-state index in [0.29, 0.717) is 0 Å². The van der Waals surface area contributed by atoms with E-state index in [2.05, 4.69) is 40.9 Å². The van der Waals surface area contributed by atoms with E-state index in [9.17, 15) is 0 Å². The zero-order valence-corrected chi connectivity index (χ0v) is 13.0. The highest BCUT2D eigenvalue weighted by atomic mass is 32.1. The van der Waals surface area contributed by atoms with E-state index in [1.54, 1.807) is 7.11 Å². The summed E-state index contributed by atoms with van der Waals surface area (Å²) in [5.41, 5.74) is 2.36. The highest BCUT2D eigenvalue weighted by Crippen LogP contribution is 2.25. The summed E-state index contributed by atoms with van der Waals surface area (Å²) in [5, 5.41) is 7.75. The maximum Gasteiger partial charge on any atom is 0.119 e. The van der Waals surface area contributed by atoms with Crippen LogP contribution in [0.3, 0.4) is 0 Å². The number of nitrogens with one attached hydrogen (secondary N) is 1. The fraction of sp³-hybridized carbons (Fsp3) is 0.467. The quantitative estimate of drug-likeness (QED) is 0.852. The van der Waals surface area contributed by atoms with Crippen molar-refractivity contribution < 1.29 is 4.74 Å². The Labute approximate surface area is 124 Å². The molecule has 0 bridgehead atoms. The molecule has 0 fully saturated rings. The molecule has 0 aliphatic carbocycles. The Morgan fingerprint density at radius 1 is 1.35 bits per heavy atom. The number of aromatic nitrogens is 2. The number of nitrogens with zero attached hydrogens (tertiary/aromatic N) is 2.